The summed E-state index contributed by atoms with van der Waals surface area (Å²) in [6, 6.07) is 57.4. The zero-order chi connectivity index (χ0) is 31.6. The van der Waals surface area contributed by atoms with E-state index < -0.39 is 0 Å². The van der Waals surface area contributed by atoms with E-state index >= 15 is 0 Å². The summed E-state index contributed by atoms with van der Waals surface area (Å²) >= 11 is 0. The number of hydrogen-bond acceptors (Lipinski definition) is 2. The van der Waals surface area contributed by atoms with Gasteiger partial charge in [0.1, 0.15) is 0 Å². The molecule has 2 heteroatoms. The second kappa shape index (κ2) is 12.6. The van der Waals surface area contributed by atoms with Gasteiger partial charge in [-0.1, -0.05) is 125 Å². The Morgan fingerprint density at radius 3 is 0.870 bits per heavy atom. The first kappa shape index (κ1) is 29.4. The van der Waals surface area contributed by atoms with Gasteiger partial charge in [-0.15, -0.1) is 0 Å². The van der Waals surface area contributed by atoms with E-state index in [2.05, 4.69) is 195 Å². The Hall–Kier alpha value is -5.34. The second-order valence-corrected chi connectivity index (χ2v) is 12.6. The molecule has 0 N–H and O–H groups in total. The van der Waals surface area contributed by atoms with Gasteiger partial charge in [0.05, 0.1) is 11.4 Å². The monoisotopic (exact) mass is 596 g/mol. The number of rotatable bonds is 8. The quantitative estimate of drug-likeness (QED) is 0.127. The van der Waals surface area contributed by atoms with Crippen molar-refractivity contribution in [3.05, 3.63) is 169 Å². The van der Waals surface area contributed by atoms with Crippen molar-refractivity contribution in [1.82, 2.24) is 0 Å². The second-order valence-electron chi connectivity index (χ2n) is 12.6. The van der Waals surface area contributed by atoms with Crippen LogP contribution in [0.5, 0.6) is 0 Å². The molecule has 7 rings (SSSR count). The predicted octanol–water partition coefficient (Wildman–Crippen LogP) is 13.2. The molecule has 0 radical (unpaired) electrons. The van der Waals surface area contributed by atoms with Crippen molar-refractivity contribution in [2.24, 2.45) is 0 Å². The number of benzene rings is 7. The molecular formula is C44H40N2. The lowest BCUT2D eigenvalue weighted by Crippen LogP contribution is -2.15. The number of fused-ring (bicyclic) bond motifs is 2. The molecule has 0 atom stereocenters. The fourth-order valence-electron chi connectivity index (χ4n) is 6.54. The number of nitrogens with zero attached hydrogens (tertiary/aromatic N) is 2. The molecule has 0 saturated carbocycles. The van der Waals surface area contributed by atoms with Crippen molar-refractivity contribution in [3.63, 3.8) is 0 Å². The van der Waals surface area contributed by atoms with E-state index in [9.17, 15) is 0 Å². The van der Waals surface area contributed by atoms with E-state index in [1.165, 1.54) is 44.0 Å². The van der Waals surface area contributed by atoms with Crippen LogP contribution in [-0.2, 0) is 0 Å². The average molecular weight is 597 g/mol. The van der Waals surface area contributed by atoms with Crippen LogP contribution in [0.3, 0.4) is 0 Å². The predicted molar refractivity (Wildman–Crippen MR) is 199 cm³/mol. The number of hydrogen-bond donors (Lipinski definition) is 0. The minimum absolute atomic E-state index is 0.390. The minimum Gasteiger partial charge on any atom is -0.309 e. The molecule has 0 amide bonds. The summed E-state index contributed by atoms with van der Waals surface area (Å²) in [6.07, 6.45) is 0. The van der Waals surface area contributed by atoms with Gasteiger partial charge in [-0.05, 0) is 83.6 Å². The van der Waals surface area contributed by atoms with Crippen molar-refractivity contribution in [2.75, 3.05) is 9.80 Å². The SMILES string of the molecule is CC(C)c1ccc2c(N(c3ccccc3)c3ccccc3)c3cc(C(C)C)ccc3c(N(c3ccccc3)c3ccccc3)c2c1. The standard InChI is InChI=1S/C44H40N2/c1-31(2)33-25-27-39-41(29-33)43(45(35-17-9-5-10-18-35)36-19-11-6-12-20-36)40-28-26-34(32(3)4)30-42(40)44(39)46(37-21-13-7-14-22-37)38-23-15-8-16-24-38/h5-32H,1-4H3. The molecule has 0 spiro atoms. The zero-order valence-electron chi connectivity index (χ0n) is 27.1. The van der Waals surface area contributed by atoms with Crippen LogP contribution in [0.25, 0.3) is 21.5 Å². The molecule has 2 nitrogen and oxygen atoms in total. The largest absolute Gasteiger partial charge is 0.309 e. The molecule has 7 aromatic carbocycles. The van der Waals surface area contributed by atoms with E-state index in [1.54, 1.807) is 0 Å². The Kier molecular flexibility index (Phi) is 8.03. The van der Waals surface area contributed by atoms with Gasteiger partial charge >= 0.3 is 0 Å². The van der Waals surface area contributed by atoms with E-state index in [0.29, 0.717) is 11.8 Å². The van der Waals surface area contributed by atoms with Crippen molar-refractivity contribution in [1.29, 1.82) is 0 Å². The topological polar surface area (TPSA) is 6.48 Å². The Morgan fingerprint density at radius 2 is 0.609 bits per heavy atom. The lowest BCUT2D eigenvalue weighted by Gasteiger charge is -2.33. The summed E-state index contributed by atoms with van der Waals surface area (Å²) in [5, 5.41) is 4.90. The molecule has 0 aliphatic heterocycles. The van der Waals surface area contributed by atoms with Crippen LogP contribution in [0.1, 0.15) is 50.7 Å². The lowest BCUT2D eigenvalue weighted by molar-refractivity contribution is 0.868. The highest BCUT2D eigenvalue weighted by Crippen LogP contribution is 2.51. The molecule has 0 aliphatic carbocycles. The molecule has 0 unspecified atom stereocenters. The van der Waals surface area contributed by atoms with Crippen LogP contribution >= 0.6 is 0 Å². The smallest absolute Gasteiger partial charge is 0.0620 e. The molecule has 0 saturated heterocycles. The van der Waals surface area contributed by atoms with Gasteiger partial charge in [-0.25, -0.2) is 0 Å². The van der Waals surface area contributed by atoms with Gasteiger partial charge in [0.25, 0.3) is 0 Å². The normalized spacial score (nSPS) is 11.4. The van der Waals surface area contributed by atoms with Gasteiger partial charge in [0, 0.05) is 44.3 Å². The lowest BCUT2D eigenvalue weighted by atomic mass is 9.90. The average Bonchev–Trinajstić information content (AvgIpc) is 3.10. The molecular weight excluding hydrogens is 556 g/mol. The summed E-state index contributed by atoms with van der Waals surface area (Å²) in [6.45, 7) is 9.13. The molecule has 46 heavy (non-hydrogen) atoms. The third-order valence-electron chi connectivity index (χ3n) is 8.95. The first-order valence-corrected chi connectivity index (χ1v) is 16.3. The Bertz CT molecular complexity index is 1850. The summed E-state index contributed by atoms with van der Waals surface area (Å²) in [4.78, 5) is 4.89. The van der Waals surface area contributed by atoms with Gasteiger partial charge in [-0.2, -0.15) is 0 Å². The molecule has 0 heterocycles. The molecule has 0 bridgehead atoms. The summed E-state index contributed by atoms with van der Waals surface area (Å²) in [5.41, 5.74) is 9.58. The molecule has 0 aliphatic rings. The highest BCUT2D eigenvalue weighted by molar-refractivity contribution is 6.23. The summed E-state index contributed by atoms with van der Waals surface area (Å²) in [5.74, 6) is 0.780. The molecule has 0 aromatic heterocycles. The van der Waals surface area contributed by atoms with Crippen LogP contribution in [0, 0.1) is 0 Å². The Morgan fingerprint density at radius 1 is 0.326 bits per heavy atom. The fourth-order valence-corrected chi connectivity index (χ4v) is 6.54. The third kappa shape index (κ3) is 5.41. The molecule has 0 fully saturated rings. The Labute approximate surface area is 273 Å². The van der Waals surface area contributed by atoms with Crippen molar-refractivity contribution in [3.8, 4) is 0 Å². The van der Waals surface area contributed by atoms with Crippen LogP contribution in [-0.4, -0.2) is 0 Å². The van der Waals surface area contributed by atoms with Crippen LogP contribution in [0.4, 0.5) is 34.1 Å². The summed E-state index contributed by atoms with van der Waals surface area (Å²) < 4.78 is 0. The molecule has 7 aromatic rings. The summed E-state index contributed by atoms with van der Waals surface area (Å²) in [7, 11) is 0. The Balaban J connectivity index is 1.69. The van der Waals surface area contributed by atoms with Gasteiger partial charge in [0.15, 0.2) is 0 Å². The van der Waals surface area contributed by atoms with E-state index in [4.69, 9.17) is 0 Å². The van der Waals surface area contributed by atoms with Crippen molar-refractivity contribution in [2.45, 2.75) is 39.5 Å². The number of anilines is 6. The fraction of sp³-hybridized carbons (Fsp3) is 0.136. The van der Waals surface area contributed by atoms with Crippen LogP contribution < -0.4 is 9.80 Å². The van der Waals surface area contributed by atoms with E-state index in [0.717, 1.165) is 22.7 Å². The first-order chi connectivity index (χ1) is 22.5. The maximum atomic E-state index is 2.45. The molecule has 226 valence electrons. The van der Waals surface area contributed by atoms with Gasteiger partial charge < -0.3 is 9.80 Å². The van der Waals surface area contributed by atoms with Gasteiger partial charge in [0.2, 0.25) is 0 Å². The highest BCUT2D eigenvalue weighted by atomic mass is 15.2. The maximum Gasteiger partial charge on any atom is 0.0620 e. The van der Waals surface area contributed by atoms with E-state index in [-0.39, 0.29) is 0 Å². The number of para-hydroxylation sites is 4. The highest BCUT2D eigenvalue weighted by Gasteiger charge is 2.26. The van der Waals surface area contributed by atoms with Crippen molar-refractivity contribution >= 4 is 55.7 Å². The zero-order valence-corrected chi connectivity index (χ0v) is 27.1. The van der Waals surface area contributed by atoms with E-state index in [1.807, 2.05) is 0 Å². The third-order valence-corrected chi connectivity index (χ3v) is 8.95. The van der Waals surface area contributed by atoms with Crippen LogP contribution in [0.15, 0.2) is 158 Å². The van der Waals surface area contributed by atoms with Gasteiger partial charge in [-0.3, -0.25) is 0 Å². The van der Waals surface area contributed by atoms with Crippen LogP contribution in [0.2, 0.25) is 0 Å². The minimum atomic E-state index is 0.390. The first-order valence-electron chi connectivity index (χ1n) is 16.3. The van der Waals surface area contributed by atoms with Crippen molar-refractivity contribution < 1.29 is 0 Å². The maximum absolute atomic E-state index is 2.45.